The molecule has 0 radical (unpaired) electrons. The zero-order valence-electron chi connectivity index (χ0n) is 16.3. The van der Waals surface area contributed by atoms with Gasteiger partial charge < -0.3 is 14.6 Å². The zero-order valence-corrected chi connectivity index (χ0v) is 16.3. The fourth-order valence-corrected chi connectivity index (χ4v) is 3.39. The fourth-order valence-electron chi connectivity index (χ4n) is 3.39. The first-order valence-electron chi connectivity index (χ1n) is 9.04. The molecule has 0 aliphatic rings. The molecule has 0 unspecified atom stereocenters. The maximum atomic E-state index is 11.9. The fraction of sp³-hybridized carbons (Fsp3) is 0.250. The van der Waals surface area contributed by atoms with Gasteiger partial charge in [-0.05, 0) is 37.1 Å². The normalized spacial score (nSPS) is 11.3. The van der Waals surface area contributed by atoms with Crippen molar-refractivity contribution in [2.45, 2.75) is 25.9 Å². The predicted octanol–water partition coefficient (Wildman–Crippen LogP) is 4.80. The van der Waals surface area contributed by atoms with Crippen LogP contribution in [0.3, 0.4) is 0 Å². The average molecular weight is 362 g/mol. The zero-order chi connectivity index (χ0) is 19.4. The van der Waals surface area contributed by atoms with E-state index in [1.165, 1.54) is 0 Å². The van der Waals surface area contributed by atoms with Gasteiger partial charge in [0.1, 0.15) is 17.1 Å². The number of benzene rings is 3. The second-order valence-electron chi connectivity index (χ2n) is 6.91. The molecule has 3 heteroatoms. The SMILES string of the molecule is COc1cccc(OC)c1CC(O)(c1ccc(C)cc1)c1ccc(C)cc1. The standard InChI is InChI=1S/C24H26O3/c1-17-8-12-19(13-9-17)24(25,20-14-10-18(2)11-15-20)16-21-22(26-3)6-5-7-23(21)27-4/h5-15,25H,16H2,1-4H3. The van der Waals surface area contributed by atoms with Gasteiger partial charge in [0, 0.05) is 12.0 Å². The van der Waals surface area contributed by atoms with Crippen LogP contribution in [0.4, 0.5) is 0 Å². The van der Waals surface area contributed by atoms with Crippen molar-refractivity contribution in [3.63, 3.8) is 0 Å². The minimum Gasteiger partial charge on any atom is -0.496 e. The second kappa shape index (κ2) is 7.85. The molecule has 1 N–H and O–H groups in total. The summed E-state index contributed by atoms with van der Waals surface area (Å²) in [6.07, 6.45) is 0.340. The average Bonchev–Trinajstić information content (AvgIpc) is 2.69. The molecule has 0 fully saturated rings. The van der Waals surface area contributed by atoms with Crippen LogP contribution < -0.4 is 9.47 Å². The van der Waals surface area contributed by atoms with Gasteiger partial charge >= 0.3 is 0 Å². The van der Waals surface area contributed by atoms with Gasteiger partial charge in [0.25, 0.3) is 0 Å². The largest absolute Gasteiger partial charge is 0.496 e. The van der Waals surface area contributed by atoms with Crippen LogP contribution in [0.25, 0.3) is 0 Å². The van der Waals surface area contributed by atoms with E-state index >= 15 is 0 Å². The maximum Gasteiger partial charge on any atom is 0.125 e. The molecule has 0 aromatic heterocycles. The number of methoxy groups -OCH3 is 2. The highest BCUT2D eigenvalue weighted by Crippen LogP contribution is 2.39. The highest BCUT2D eigenvalue weighted by atomic mass is 16.5. The van der Waals surface area contributed by atoms with Crippen LogP contribution in [-0.2, 0) is 12.0 Å². The molecular formula is C24H26O3. The molecule has 3 nitrogen and oxygen atoms in total. The van der Waals surface area contributed by atoms with Crippen LogP contribution in [0.5, 0.6) is 11.5 Å². The van der Waals surface area contributed by atoms with Gasteiger partial charge in [0.05, 0.1) is 14.2 Å². The number of ether oxygens (including phenoxy) is 2. The minimum atomic E-state index is -1.21. The Kier molecular flexibility index (Phi) is 5.52. The lowest BCUT2D eigenvalue weighted by Gasteiger charge is -2.31. The van der Waals surface area contributed by atoms with Crippen LogP contribution in [0, 0.1) is 13.8 Å². The summed E-state index contributed by atoms with van der Waals surface area (Å²) in [5, 5.41) is 11.9. The van der Waals surface area contributed by atoms with E-state index in [2.05, 4.69) is 0 Å². The smallest absolute Gasteiger partial charge is 0.125 e. The third kappa shape index (κ3) is 3.83. The van der Waals surface area contributed by atoms with E-state index in [-0.39, 0.29) is 0 Å². The van der Waals surface area contributed by atoms with E-state index in [4.69, 9.17) is 9.47 Å². The van der Waals surface area contributed by atoms with Gasteiger partial charge in [-0.15, -0.1) is 0 Å². The van der Waals surface area contributed by atoms with Crippen molar-refractivity contribution in [1.29, 1.82) is 0 Å². The van der Waals surface area contributed by atoms with Gasteiger partial charge in [-0.1, -0.05) is 65.7 Å². The number of rotatable bonds is 6. The Hall–Kier alpha value is -2.78. The summed E-state index contributed by atoms with van der Waals surface area (Å²) in [5.74, 6) is 1.40. The lowest BCUT2D eigenvalue weighted by Crippen LogP contribution is -2.30. The first kappa shape index (κ1) is 19.0. The van der Waals surface area contributed by atoms with Crippen molar-refractivity contribution in [3.05, 3.63) is 94.5 Å². The Morgan fingerprint density at radius 2 is 1.11 bits per heavy atom. The molecule has 0 heterocycles. The van der Waals surface area contributed by atoms with Crippen LogP contribution in [-0.4, -0.2) is 19.3 Å². The number of hydrogen-bond donors (Lipinski definition) is 1. The molecule has 0 bridgehead atoms. The topological polar surface area (TPSA) is 38.7 Å². The summed E-state index contributed by atoms with van der Waals surface area (Å²) >= 11 is 0. The lowest BCUT2D eigenvalue weighted by molar-refractivity contribution is 0.0796. The quantitative estimate of drug-likeness (QED) is 0.685. The van der Waals surface area contributed by atoms with Crippen molar-refractivity contribution in [2.75, 3.05) is 14.2 Å². The van der Waals surface area contributed by atoms with Crippen LogP contribution in [0.15, 0.2) is 66.7 Å². The van der Waals surface area contributed by atoms with Crippen LogP contribution in [0.2, 0.25) is 0 Å². The Labute approximate surface area is 161 Å². The Bertz CT molecular complexity index is 828. The highest BCUT2D eigenvalue weighted by molar-refractivity contribution is 5.49. The van der Waals surface area contributed by atoms with E-state index in [1.807, 2.05) is 80.6 Å². The van der Waals surface area contributed by atoms with Crippen LogP contribution in [0.1, 0.15) is 27.8 Å². The van der Waals surface area contributed by atoms with Gasteiger partial charge in [0.15, 0.2) is 0 Å². The van der Waals surface area contributed by atoms with E-state index in [1.54, 1.807) is 14.2 Å². The molecule has 3 rings (SSSR count). The maximum absolute atomic E-state index is 11.9. The number of aryl methyl sites for hydroxylation is 2. The van der Waals surface area contributed by atoms with Crippen LogP contribution >= 0.6 is 0 Å². The van der Waals surface area contributed by atoms with Gasteiger partial charge in [0.2, 0.25) is 0 Å². The Morgan fingerprint density at radius 1 is 0.704 bits per heavy atom. The molecule has 3 aromatic carbocycles. The summed E-state index contributed by atoms with van der Waals surface area (Å²) in [6.45, 7) is 4.08. The third-order valence-electron chi connectivity index (χ3n) is 5.02. The predicted molar refractivity (Wildman–Crippen MR) is 109 cm³/mol. The Morgan fingerprint density at radius 3 is 1.48 bits per heavy atom. The first-order chi connectivity index (χ1) is 13.0. The van der Waals surface area contributed by atoms with Gasteiger partial charge in [-0.3, -0.25) is 0 Å². The van der Waals surface area contributed by atoms with E-state index in [0.29, 0.717) is 17.9 Å². The van der Waals surface area contributed by atoms with Crippen molar-refractivity contribution in [3.8, 4) is 11.5 Å². The minimum absolute atomic E-state index is 0.340. The molecular weight excluding hydrogens is 336 g/mol. The summed E-state index contributed by atoms with van der Waals surface area (Å²) in [4.78, 5) is 0. The second-order valence-corrected chi connectivity index (χ2v) is 6.91. The molecule has 0 saturated carbocycles. The molecule has 140 valence electrons. The monoisotopic (exact) mass is 362 g/mol. The molecule has 0 amide bonds. The lowest BCUT2D eigenvalue weighted by atomic mass is 9.80. The molecule has 0 saturated heterocycles. The van der Waals surface area contributed by atoms with Crippen molar-refractivity contribution < 1.29 is 14.6 Å². The number of hydrogen-bond acceptors (Lipinski definition) is 3. The molecule has 0 aliphatic heterocycles. The summed E-state index contributed by atoms with van der Waals surface area (Å²) in [6, 6.07) is 21.7. The molecule has 27 heavy (non-hydrogen) atoms. The van der Waals surface area contributed by atoms with Gasteiger partial charge in [-0.25, -0.2) is 0 Å². The van der Waals surface area contributed by atoms with Crippen molar-refractivity contribution in [2.24, 2.45) is 0 Å². The summed E-state index contributed by atoms with van der Waals surface area (Å²) in [7, 11) is 3.27. The van der Waals surface area contributed by atoms with Gasteiger partial charge in [-0.2, -0.15) is 0 Å². The highest BCUT2D eigenvalue weighted by Gasteiger charge is 2.34. The van der Waals surface area contributed by atoms with E-state index in [0.717, 1.165) is 27.8 Å². The van der Waals surface area contributed by atoms with Crippen molar-refractivity contribution >= 4 is 0 Å². The number of aliphatic hydroxyl groups is 1. The Balaban J connectivity index is 2.17. The van der Waals surface area contributed by atoms with E-state index < -0.39 is 5.60 Å². The molecule has 0 spiro atoms. The molecule has 0 aliphatic carbocycles. The summed E-state index contributed by atoms with van der Waals surface area (Å²) < 4.78 is 11.1. The molecule has 0 atom stereocenters. The molecule has 3 aromatic rings. The summed E-state index contributed by atoms with van der Waals surface area (Å²) in [5.41, 5.74) is 3.62. The third-order valence-corrected chi connectivity index (χ3v) is 5.02. The first-order valence-corrected chi connectivity index (χ1v) is 9.04. The van der Waals surface area contributed by atoms with E-state index in [9.17, 15) is 5.11 Å². The van der Waals surface area contributed by atoms with Crippen molar-refractivity contribution in [1.82, 2.24) is 0 Å².